The van der Waals surface area contributed by atoms with Gasteiger partial charge in [-0.1, -0.05) is 23.7 Å². The lowest BCUT2D eigenvalue weighted by Gasteiger charge is -2.05. The van der Waals surface area contributed by atoms with Crippen molar-refractivity contribution in [1.82, 2.24) is 9.78 Å². The van der Waals surface area contributed by atoms with Crippen molar-refractivity contribution in [3.63, 3.8) is 0 Å². The van der Waals surface area contributed by atoms with Crippen LogP contribution in [0.3, 0.4) is 0 Å². The fourth-order valence-electron chi connectivity index (χ4n) is 1.53. The Morgan fingerprint density at radius 3 is 2.39 bits per heavy atom. The highest BCUT2D eigenvalue weighted by atomic mass is 79.9. The molecule has 0 aliphatic rings. The van der Waals surface area contributed by atoms with Crippen molar-refractivity contribution in [2.45, 2.75) is 13.1 Å². The summed E-state index contributed by atoms with van der Waals surface area (Å²) in [7, 11) is 0. The highest BCUT2D eigenvalue weighted by Crippen LogP contribution is 2.35. The van der Waals surface area contributed by atoms with Gasteiger partial charge in [-0.2, -0.15) is 18.3 Å². The lowest BCUT2D eigenvalue weighted by molar-refractivity contribution is -0.141. The van der Waals surface area contributed by atoms with Crippen molar-refractivity contribution in [1.29, 1.82) is 0 Å². The van der Waals surface area contributed by atoms with Gasteiger partial charge in [0.05, 0.1) is 5.69 Å². The zero-order valence-corrected chi connectivity index (χ0v) is 11.4. The minimum Gasteiger partial charge on any atom is -0.220 e. The number of rotatable bonds is 1. The van der Waals surface area contributed by atoms with Crippen molar-refractivity contribution >= 4 is 27.5 Å². The van der Waals surface area contributed by atoms with Crippen molar-refractivity contribution in [2.75, 3.05) is 0 Å². The van der Waals surface area contributed by atoms with Gasteiger partial charge in [0.2, 0.25) is 0 Å². The topological polar surface area (TPSA) is 17.8 Å². The summed E-state index contributed by atoms with van der Waals surface area (Å²) in [5.41, 5.74) is -0.593. The summed E-state index contributed by atoms with van der Waals surface area (Å²) < 4.78 is 39.8. The Balaban J connectivity index is 2.65. The van der Waals surface area contributed by atoms with E-state index in [-0.39, 0.29) is 10.7 Å². The minimum atomic E-state index is -4.51. The Morgan fingerprint density at radius 2 is 1.89 bits per heavy atom. The van der Waals surface area contributed by atoms with Gasteiger partial charge >= 0.3 is 6.18 Å². The summed E-state index contributed by atoms with van der Waals surface area (Å²) in [4.78, 5) is 0. The number of nitrogens with zero attached hydrogens (tertiary/aromatic N) is 2. The van der Waals surface area contributed by atoms with E-state index in [9.17, 15) is 13.2 Å². The number of hydrogen-bond donors (Lipinski definition) is 0. The molecule has 1 aromatic carbocycles. The molecule has 0 aliphatic carbocycles. The molecule has 1 aromatic heterocycles. The third kappa shape index (κ3) is 2.27. The van der Waals surface area contributed by atoms with Crippen LogP contribution in [0, 0.1) is 6.92 Å². The standard InChI is InChI=1S/C11H7BrClF3N2/c1-6-9(11(14,15)16)17-18(10(6)13)8-5-3-2-4-7(8)12/h2-5H,1H3. The smallest absolute Gasteiger partial charge is 0.220 e. The van der Waals surface area contributed by atoms with Gasteiger partial charge in [-0.3, -0.25) is 0 Å². The molecule has 7 heteroatoms. The molecular formula is C11H7BrClF3N2. The van der Waals surface area contributed by atoms with Crippen LogP contribution in [0.4, 0.5) is 13.2 Å². The van der Waals surface area contributed by atoms with Crippen LogP contribution in [0.5, 0.6) is 0 Å². The number of para-hydroxylation sites is 1. The van der Waals surface area contributed by atoms with Crippen LogP contribution in [0.25, 0.3) is 5.69 Å². The molecule has 2 rings (SSSR count). The van der Waals surface area contributed by atoms with Crippen LogP contribution in [0.15, 0.2) is 28.7 Å². The van der Waals surface area contributed by atoms with Crippen molar-refractivity contribution in [3.05, 3.63) is 45.1 Å². The predicted octanol–water partition coefficient (Wildman–Crippen LogP) is 4.62. The van der Waals surface area contributed by atoms with Crippen LogP contribution >= 0.6 is 27.5 Å². The summed E-state index contributed by atoms with van der Waals surface area (Å²) in [5, 5.41) is 3.49. The van der Waals surface area contributed by atoms with Gasteiger partial charge in [0.1, 0.15) is 5.15 Å². The number of aromatic nitrogens is 2. The van der Waals surface area contributed by atoms with Crippen LogP contribution < -0.4 is 0 Å². The van der Waals surface area contributed by atoms with E-state index in [1.807, 2.05) is 0 Å². The Morgan fingerprint density at radius 1 is 1.28 bits per heavy atom. The largest absolute Gasteiger partial charge is 0.435 e. The van der Waals surface area contributed by atoms with Crippen LogP contribution in [-0.4, -0.2) is 9.78 Å². The monoisotopic (exact) mass is 338 g/mol. The molecule has 0 atom stereocenters. The number of alkyl halides is 3. The Hall–Kier alpha value is -1.01. The number of benzene rings is 1. The molecule has 2 nitrogen and oxygen atoms in total. The fraction of sp³-hybridized carbons (Fsp3) is 0.182. The molecule has 0 unspecified atom stereocenters. The van der Waals surface area contributed by atoms with Gasteiger partial charge in [-0.25, -0.2) is 4.68 Å². The van der Waals surface area contributed by atoms with Crippen molar-refractivity contribution in [2.24, 2.45) is 0 Å². The van der Waals surface area contributed by atoms with Crippen molar-refractivity contribution < 1.29 is 13.2 Å². The van der Waals surface area contributed by atoms with E-state index in [1.165, 1.54) is 6.92 Å². The highest BCUT2D eigenvalue weighted by Gasteiger charge is 2.37. The SMILES string of the molecule is Cc1c(C(F)(F)F)nn(-c2ccccc2Br)c1Cl. The Labute approximate surface area is 114 Å². The Bertz CT molecular complexity index is 592. The van der Waals surface area contributed by atoms with E-state index in [0.29, 0.717) is 10.2 Å². The zero-order valence-electron chi connectivity index (χ0n) is 9.09. The predicted molar refractivity (Wildman–Crippen MR) is 66.0 cm³/mol. The van der Waals surface area contributed by atoms with Crippen LogP contribution in [0.1, 0.15) is 11.3 Å². The summed E-state index contributed by atoms with van der Waals surface area (Å²) in [6.07, 6.45) is -4.51. The van der Waals surface area contributed by atoms with Gasteiger partial charge in [0.25, 0.3) is 0 Å². The minimum absolute atomic E-state index is 0.0470. The Kier molecular flexibility index (Phi) is 3.42. The second-order valence-corrected chi connectivity index (χ2v) is 4.84. The second kappa shape index (κ2) is 4.59. The third-order valence-electron chi connectivity index (χ3n) is 2.40. The molecule has 0 saturated carbocycles. The summed E-state index contributed by atoms with van der Waals surface area (Å²) in [5.74, 6) is 0. The molecule has 0 radical (unpaired) electrons. The maximum Gasteiger partial charge on any atom is 0.435 e. The van der Waals surface area contributed by atoms with E-state index >= 15 is 0 Å². The average molecular weight is 340 g/mol. The molecular weight excluding hydrogens is 332 g/mol. The highest BCUT2D eigenvalue weighted by molar-refractivity contribution is 9.10. The van der Waals surface area contributed by atoms with E-state index in [1.54, 1.807) is 24.3 Å². The molecule has 0 amide bonds. The summed E-state index contributed by atoms with van der Waals surface area (Å²) >= 11 is 9.16. The molecule has 0 saturated heterocycles. The number of hydrogen-bond acceptors (Lipinski definition) is 1. The maximum absolute atomic E-state index is 12.7. The molecule has 0 N–H and O–H groups in total. The molecule has 0 fully saturated rings. The van der Waals surface area contributed by atoms with E-state index in [0.717, 1.165) is 4.68 Å². The normalized spacial score (nSPS) is 11.9. The molecule has 18 heavy (non-hydrogen) atoms. The fourth-order valence-corrected chi connectivity index (χ4v) is 2.20. The first-order valence-corrected chi connectivity index (χ1v) is 6.06. The second-order valence-electron chi connectivity index (χ2n) is 3.63. The maximum atomic E-state index is 12.7. The molecule has 96 valence electrons. The van der Waals surface area contributed by atoms with Gasteiger partial charge in [0.15, 0.2) is 5.69 Å². The first kappa shape index (κ1) is 13.4. The van der Waals surface area contributed by atoms with E-state index in [2.05, 4.69) is 21.0 Å². The van der Waals surface area contributed by atoms with Crippen molar-refractivity contribution in [3.8, 4) is 5.69 Å². The molecule has 0 aliphatic heterocycles. The molecule has 1 heterocycles. The molecule has 0 bridgehead atoms. The number of halogens is 5. The van der Waals surface area contributed by atoms with Gasteiger partial charge in [-0.15, -0.1) is 0 Å². The third-order valence-corrected chi connectivity index (χ3v) is 3.51. The van der Waals surface area contributed by atoms with E-state index < -0.39 is 11.9 Å². The van der Waals surface area contributed by atoms with Gasteiger partial charge in [0, 0.05) is 10.0 Å². The van der Waals surface area contributed by atoms with Gasteiger partial charge < -0.3 is 0 Å². The average Bonchev–Trinajstić information content (AvgIpc) is 2.57. The quantitative estimate of drug-likeness (QED) is 0.741. The lowest BCUT2D eigenvalue weighted by atomic mass is 10.3. The lowest BCUT2D eigenvalue weighted by Crippen LogP contribution is -2.08. The van der Waals surface area contributed by atoms with Gasteiger partial charge in [-0.05, 0) is 35.0 Å². The summed E-state index contributed by atoms with van der Waals surface area (Å²) in [6.45, 7) is 1.30. The van der Waals surface area contributed by atoms with Crippen LogP contribution in [0.2, 0.25) is 5.15 Å². The first-order chi connectivity index (χ1) is 8.32. The first-order valence-electron chi connectivity index (χ1n) is 4.89. The molecule has 2 aromatic rings. The van der Waals surface area contributed by atoms with E-state index in [4.69, 9.17) is 11.6 Å². The summed E-state index contributed by atoms with van der Waals surface area (Å²) in [6, 6.07) is 6.78. The zero-order chi connectivity index (χ0) is 13.5. The van der Waals surface area contributed by atoms with Crippen LogP contribution in [-0.2, 0) is 6.18 Å². The molecule has 0 spiro atoms.